The lowest BCUT2D eigenvalue weighted by atomic mass is 9.98. The molecule has 0 aliphatic rings. The normalized spacial score (nSPS) is 11.6. The number of rotatable bonds is 5. The molecule has 3 aromatic carbocycles. The molecule has 0 radical (unpaired) electrons. The molecule has 0 unspecified atom stereocenters. The van der Waals surface area contributed by atoms with Crippen molar-refractivity contribution in [1.29, 1.82) is 0 Å². The highest BCUT2D eigenvalue weighted by molar-refractivity contribution is 5.85. The molecule has 6 aromatic rings. The molecule has 6 rings (SSSR count). The van der Waals surface area contributed by atoms with Crippen LogP contribution in [0.1, 0.15) is 25.3 Å². The van der Waals surface area contributed by atoms with Crippen LogP contribution < -0.4 is 5.32 Å². The second-order valence-corrected chi connectivity index (χ2v) is 9.47. The monoisotopic (exact) mass is 490 g/mol. The Hall–Kier alpha value is -4.85. The van der Waals surface area contributed by atoms with Gasteiger partial charge in [-0.2, -0.15) is 0 Å². The fraction of sp³-hybridized carbons (Fsp3) is 0.138. The molecule has 0 spiro atoms. The van der Waals surface area contributed by atoms with E-state index < -0.39 is 0 Å². The Morgan fingerprint density at radius 3 is 2.57 bits per heavy atom. The molecule has 0 amide bonds. The van der Waals surface area contributed by atoms with Crippen LogP contribution in [0.4, 0.5) is 11.6 Å². The predicted octanol–water partition coefficient (Wildman–Crippen LogP) is 6.25. The fourth-order valence-electron chi connectivity index (χ4n) is 4.71. The third kappa shape index (κ3) is 3.92. The lowest BCUT2D eigenvalue weighted by Gasteiger charge is -2.15. The van der Waals surface area contributed by atoms with Crippen LogP contribution in [-0.4, -0.2) is 34.5 Å². The largest absolute Gasteiger partial charge is 0.508 e. The third-order valence-corrected chi connectivity index (χ3v) is 6.66. The van der Waals surface area contributed by atoms with Gasteiger partial charge in [-0.15, -0.1) is 10.2 Å². The number of benzene rings is 3. The highest BCUT2D eigenvalue weighted by Gasteiger charge is 2.22. The van der Waals surface area contributed by atoms with E-state index in [9.17, 15) is 10.2 Å². The van der Waals surface area contributed by atoms with E-state index in [1.165, 1.54) is 6.07 Å². The molecule has 0 aliphatic heterocycles. The van der Waals surface area contributed by atoms with Crippen LogP contribution in [0, 0.1) is 0 Å². The summed E-state index contributed by atoms with van der Waals surface area (Å²) in [4.78, 5) is 4.40. The number of aromatic nitrogens is 5. The maximum atomic E-state index is 10.8. The molecule has 8 heteroatoms. The number of aryl methyl sites for hydroxylation is 1. The van der Waals surface area contributed by atoms with Crippen molar-refractivity contribution in [1.82, 2.24) is 24.3 Å². The number of hydrogen-bond acceptors (Lipinski definition) is 6. The number of pyridine rings is 1. The number of aromatic hydroxyl groups is 2. The van der Waals surface area contributed by atoms with Crippen molar-refractivity contribution >= 4 is 33.4 Å². The van der Waals surface area contributed by atoms with Crippen LogP contribution in [0.3, 0.4) is 0 Å². The summed E-state index contributed by atoms with van der Waals surface area (Å²) in [6.45, 7) is 3.98. The van der Waals surface area contributed by atoms with Crippen LogP contribution >= 0.6 is 0 Å². The lowest BCUT2D eigenvalue weighted by molar-refractivity contribution is 0.444. The van der Waals surface area contributed by atoms with Crippen LogP contribution in [-0.2, 0) is 7.05 Å². The van der Waals surface area contributed by atoms with Gasteiger partial charge < -0.3 is 20.1 Å². The van der Waals surface area contributed by atoms with Gasteiger partial charge in [0.15, 0.2) is 5.82 Å². The van der Waals surface area contributed by atoms with E-state index in [4.69, 9.17) is 0 Å². The van der Waals surface area contributed by atoms with Crippen molar-refractivity contribution in [3.63, 3.8) is 0 Å². The summed E-state index contributed by atoms with van der Waals surface area (Å²) in [5.41, 5.74) is 4.88. The highest BCUT2D eigenvalue weighted by Crippen LogP contribution is 2.39. The Labute approximate surface area is 213 Å². The van der Waals surface area contributed by atoms with E-state index in [1.54, 1.807) is 12.3 Å². The zero-order valence-electron chi connectivity index (χ0n) is 20.7. The van der Waals surface area contributed by atoms with Crippen molar-refractivity contribution in [2.45, 2.75) is 19.8 Å². The summed E-state index contributed by atoms with van der Waals surface area (Å²) >= 11 is 0. The number of fused-ring (bicyclic) bond motifs is 2. The first-order chi connectivity index (χ1) is 17.9. The molecule has 3 aromatic heterocycles. The van der Waals surface area contributed by atoms with Crippen molar-refractivity contribution in [3.05, 3.63) is 84.7 Å². The van der Waals surface area contributed by atoms with Gasteiger partial charge in [-0.1, -0.05) is 19.9 Å². The van der Waals surface area contributed by atoms with Crippen molar-refractivity contribution in [3.8, 4) is 28.6 Å². The number of phenolic OH excluding ortho intramolecular Hbond substituents is 2. The second-order valence-electron chi connectivity index (χ2n) is 9.47. The van der Waals surface area contributed by atoms with Crippen LogP contribution in [0.25, 0.3) is 38.9 Å². The molecule has 8 nitrogen and oxygen atoms in total. The first-order valence-corrected chi connectivity index (χ1v) is 12.1. The number of nitrogens with one attached hydrogen (secondary N) is 1. The van der Waals surface area contributed by atoms with Gasteiger partial charge in [-0.25, -0.2) is 0 Å². The standard InChI is InChI=1S/C29H26N6O2/c1-17(2)22-15-23(27(37)16-26(22)36)28-32-33-29(31-20-6-8-24-18(13-20)5-4-11-30-24)35(28)21-7-9-25-19(14-21)10-12-34(25)3/h4-17,36-37H,1-3H3,(H,31,33). The Kier molecular flexibility index (Phi) is 5.30. The number of anilines is 2. The van der Waals surface area contributed by atoms with Crippen molar-refractivity contribution in [2.75, 3.05) is 5.32 Å². The van der Waals surface area contributed by atoms with Gasteiger partial charge in [0.1, 0.15) is 11.5 Å². The Morgan fingerprint density at radius 1 is 0.865 bits per heavy atom. The predicted molar refractivity (Wildman–Crippen MR) is 146 cm³/mol. The second kappa shape index (κ2) is 8.67. The van der Waals surface area contributed by atoms with E-state index in [0.29, 0.717) is 17.3 Å². The first kappa shape index (κ1) is 22.6. The summed E-state index contributed by atoms with van der Waals surface area (Å²) in [6.07, 6.45) is 3.79. The smallest absolute Gasteiger partial charge is 0.234 e. The van der Waals surface area contributed by atoms with Gasteiger partial charge in [0.25, 0.3) is 0 Å². The van der Waals surface area contributed by atoms with Gasteiger partial charge in [-0.05, 0) is 66.1 Å². The summed E-state index contributed by atoms with van der Waals surface area (Å²) < 4.78 is 3.95. The summed E-state index contributed by atoms with van der Waals surface area (Å²) in [7, 11) is 2.01. The van der Waals surface area contributed by atoms with E-state index in [1.807, 2.05) is 68.1 Å². The Morgan fingerprint density at radius 2 is 1.73 bits per heavy atom. The van der Waals surface area contributed by atoms with Crippen molar-refractivity contribution in [2.24, 2.45) is 7.05 Å². The quantitative estimate of drug-likeness (QED) is 0.264. The van der Waals surface area contributed by atoms with Crippen molar-refractivity contribution < 1.29 is 10.2 Å². The molecule has 37 heavy (non-hydrogen) atoms. The van der Waals surface area contributed by atoms with E-state index in [2.05, 4.69) is 43.3 Å². The molecule has 0 aliphatic carbocycles. The van der Waals surface area contributed by atoms with E-state index in [-0.39, 0.29) is 17.4 Å². The highest BCUT2D eigenvalue weighted by atomic mass is 16.3. The van der Waals surface area contributed by atoms with E-state index in [0.717, 1.165) is 38.7 Å². The SMILES string of the molecule is CC(C)c1cc(-c2nnc(Nc3ccc4ncccc4c3)n2-c2ccc3c(ccn3C)c2)c(O)cc1O. The molecule has 0 atom stereocenters. The Bertz CT molecular complexity index is 1780. The molecule has 3 heterocycles. The number of hydrogen-bond donors (Lipinski definition) is 3. The van der Waals surface area contributed by atoms with Gasteiger partial charge >= 0.3 is 0 Å². The maximum Gasteiger partial charge on any atom is 0.234 e. The molecule has 184 valence electrons. The maximum absolute atomic E-state index is 10.8. The topological polar surface area (TPSA) is 101 Å². The lowest BCUT2D eigenvalue weighted by Crippen LogP contribution is -2.04. The minimum absolute atomic E-state index is 0.0520. The summed E-state index contributed by atoms with van der Waals surface area (Å²) in [5, 5.41) is 35.7. The fourth-order valence-corrected chi connectivity index (χ4v) is 4.71. The Balaban J connectivity index is 1.54. The minimum Gasteiger partial charge on any atom is -0.508 e. The van der Waals surface area contributed by atoms with Crippen LogP contribution in [0.5, 0.6) is 11.5 Å². The molecule has 0 saturated carbocycles. The van der Waals surface area contributed by atoms with E-state index >= 15 is 0 Å². The van der Waals surface area contributed by atoms with Gasteiger partial charge in [0.05, 0.1) is 16.8 Å². The van der Waals surface area contributed by atoms with Crippen LogP contribution in [0.15, 0.2) is 79.1 Å². The van der Waals surface area contributed by atoms with Gasteiger partial charge in [0.2, 0.25) is 5.95 Å². The molecule has 0 saturated heterocycles. The number of phenols is 2. The molecular weight excluding hydrogens is 464 g/mol. The van der Waals surface area contributed by atoms with Gasteiger partial charge in [-0.3, -0.25) is 9.55 Å². The molecule has 3 N–H and O–H groups in total. The molecular formula is C29H26N6O2. The average molecular weight is 491 g/mol. The summed E-state index contributed by atoms with van der Waals surface area (Å²) in [5.74, 6) is 0.989. The van der Waals surface area contributed by atoms with Crippen LogP contribution in [0.2, 0.25) is 0 Å². The molecule has 0 bridgehead atoms. The molecule has 0 fully saturated rings. The zero-order valence-corrected chi connectivity index (χ0v) is 20.7. The first-order valence-electron chi connectivity index (χ1n) is 12.1. The average Bonchev–Trinajstić information content (AvgIpc) is 3.46. The number of nitrogens with zero attached hydrogens (tertiary/aromatic N) is 5. The summed E-state index contributed by atoms with van der Waals surface area (Å²) in [6, 6.07) is 21.2. The van der Waals surface area contributed by atoms with Gasteiger partial charge in [0, 0.05) is 47.5 Å². The third-order valence-electron chi connectivity index (χ3n) is 6.66. The minimum atomic E-state index is -0.0698. The zero-order chi connectivity index (χ0) is 25.7.